The van der Waals surface area contributed by atoms with Crippen molar-refractivity contribution in [1.82, 2.24) is 0 Å². The Bertz CT molecular complexity index is 1510. The SMILES string of the molecule is C=CCc1cc(/C=C2/C(=O)N(c3c(F)c(F)c(F)c(F)c3F)N=C2C)ccc1OCc1ccc(Cl)cc1Cl. The lowest BCUT2D eigenvalue weighted by Gasteiger charge is -2.15. The van der Waals surface area contributed by atoms with Crippen molar-refractivity contribution in [3.63, 3.8) is 0 Å². The van der Waals surface area contributed by atoms with Gasteiger partial charge in [-0.15, -0.1) is 6.58 Å². The van der Waals surface area contributed by atoms with Crippen molar-refractivity contribution in [1.29, 1.82) is 0 Å². The Labute approximate surface area is 224 Å². The molecule has 38 heavy (non-hydrogen) atoms. The summed E-state index contributed by atoms with van der Waals surface area (Å²) in [4.78, 5) is 12.9. The Morgan fingerprint density at radius 2 is 1.61 bits per heavy atom. The van der Waals surface area contributed by atoms with Crippen molar-refractivity contribution in [2.45, 2.75) is 20.0 Å². The average molecular weight is 567 g/mol. The lowest BCUT2D eigenvalue weighted by Crippen LogP contribution is -2.25. The minimum Gasteiger partial charge on any atom is -0.489 e. The average Bonchev–Trinajstić information content (AvgIpc) is 3.15. The first-order valence-corrected chi connectivity index (χ1v) is 11.7. The van der Waals surface area contributed by atoms with Crippen molar-refractivity contribution < 1.29 is 31.5 Å². The second-order valence-corrected chi connectivity index (χ2v) is 9.01. The fourth-order valence-corrected chi connectivity index (χ4v) is 4.18. The lowest BCUT2D eigenvalue weighted by atomic mass is 10.0. The zero-order chi connectivity index (χ0) is 27.7. The third-order valence-corrected chi connectivity index (χ3v) is 6.21. The Morgan fingerprint density at radius 3 is 2.24 bits per heavy atom. The van der Waals surface area contributed by atoms with Gasteiger partial charge < -0.3 is 4.74 Å². The van der Waals surface area contributed by atoms with Crippen molar-refractivity contribution in [3.05, 3.63) is 110 Å². The molecule has 0 bridgehead atoms. The van der Waals surface area contributed by atoms with Gasteiger partial charge in [0, 0.05) is 15.6 Å². The summed E-state index contributed by atoms with van der Waals surface area (Å²) in [5, 5.41) is 4.83. The summed E-state index contributed by atoms with van der Waals surface area (Å²) in [6.45, 7) is 5.25. The number of carbonyl (C=O) groups is 1. The fourth-order valence-electron chi connectivity index (χ4n) is 3.72. The molecule has 0 spiro atoms. The number of carbonyl (C=O) groups excluding carboxylic acids is 1. The molecule has 3 aromatic carbocycles. The van der Waals surface area contributed by atoms with Crippen LogP contribution < -0.4 is 9.75 Å². The fraction of sp³-hybridized carbons (Fsp3) is 0.111. The summed E-state index contributed by atoms with van der Waals surface area (Å²) in [5.74, 6) is -11.6. The number of benzene rings is 3. The number of hydrogen-bond acceptors (Lipinski definition) is 3. The van der Waals surface area contributed by atoms with Crippen LogP contribution in [0.5, 0.6) is 5.75 Å². The summed E-state index contributed by atoms with van der Waals surface area (Å²) >= 11 is 12.1. The topological polar surface area (TPSA) is 41.9 Å². The monoisotopic (exact) mass is 566 g/mol. The third kappa shape index (κ3) is 5.16. The molecule has 4 rings (SSSR count). The van der Waals surface area contributed by atoms with Crippen LogP contribution in [0.25, 0.3) is 6.08 Å². The number of amides is 1. The Hall–Kier alpha value is -3.69. The predicted octanol–water partition coefficient (Wildman–Crippen LogP) is 7.80. The smallest absolute Gasteiger partial charge is 0.280 e. The molecule has 1 amide bonds. The van der Waals surface area contributed by atoms with Gasteiger partial charge in [-0.2, -0.15) is 10.1 Å². The van der Waals surface area contributed by atoms with Crippen LogP contribution in [-0.4, -0.2) is 11.6 Å². The normalized spacial score (nSPS) is 14.3. The number of nitrogens with zero attached hydrogens (tertiary/aromatic N) is 2. The number of halogens is 7. The molecule has 0 aliphatic carbocycles. The molecule has 0 radical (unpaired) electrons. The van der Waals surface area contributed by atoms with E-state index in [0.717, 1.165) is 0 Å². The van der Waals surface area contributed by atoms with E-state index in [0.29, 0.717) is 38.9 Å². The number of ether oxygens (including phenoxy) is 1. The van der Waals surface area contributed by atoms with Crippen LogP contribution in [0.4, 0.5) is 27.6 Å². The zero-order valence-corrected chi connectivity index (χ0v) is 21.1. The highest BCUT2D eigenvalue weighted by Gasteiger charge is 2.37. The van der Waals surface area contributed by atoms with Crippen LogP contribution in [-0.2, 0) is 17.8 Å². The van der Waals surface area contributed by atoms with E-state index in [9.17, 15) is 26.7 Å². The number of hydrazone groups is 1. The molecular weight excluding hydrogens is 550 g/mol. The maximum Gasteiger partial charge on any atom is 0.280 e. The van der Waals surface area contributed by atoms with Gasteiger partial charge in [-0.1, -0.05) is 41.4 Å². The van der Waals surface area contributed by atoms with Gasteiger partial charge in [-0.25, -0.2) is 22.0 Å². The Morgan fingerprint density at radius 1 is 0.947 bits per heavy atom. The number of allylic oxidation sites excluding steroid dienone is 1. The number of anilines is 1. The molecular formula is C27H17Cl2F5N2O2. The lowest BCUT2D eigenvalue weighted by molar-refractivity contribution is -0.114. The molecule has 0 saturated heterocycles. The first kappa shape index (κ1) is 27.3. The second-order valence-electron chi connectivity index (χ2n) is 8.16. The molecule has 0 unspecified atom stereocenters. The molecule has 3 aromatic rings. The van der Waals surface area contributed by atoms with E-state index in [1.165, 1.54) is 13.0 Å². The van der Waals surface area contributed by atoms with E-state index in [1.807, 2.05) is 0 Å². The maximum absolute atomic E-state index is 14.3. The minimum atomic E-state index is -2.33. The van der Waals surface area contributed by atoms with Gasteiger partial charge in [0.1, 0.15) is 18.0 Å². The summed E-state index contributed by atoms with van der Waals surface area (Å²) in [7, 11) is 0. The highest BCUT2D eigenvalue weighted by Crippen LogP contribution is 2.34. The first-order chi connectivity index (χ1) is 18.0. The van der Waals surface area contributed by atoms with Gasteiger partial charge in [0.25, 0.3) is 5.91 Å². The van der Waals surface area contributed by atoms with E-state index >= 15 is 0 Å². The van der Waals surface area contributed by atoms with Gasteiger partial charge >= 0.3 is 0 Å². The third-order valence-electron chi connectivity index (χ3n) is 5.62. The summed E-state index contributed by atoms with van der Waals surface area (Å²) in [5.41, 5.74) is 0.378. The standard InChI is InChI=1S/C27H17Cl2F5N2O2/c1-3-4-15-9-14(5-8-20(15)38-12-16-6-7-17(28)11-19(16)29)10-18-13(2)35-36(27(18)37)26-24(33)22(31)21(30)23(32)25(26)34/h3,5-11H,1,4,12H2,2H3/b18-10+. The van der Waals surface area contributed by atoms with Gasteiger partial charge in [0.05, 0.1) is 11.3 Å². The second kappa shape index (κ2) is 11.0. The van der Waals surface area contributed by atoms with Crippen molar-refractivity contribution >= 4 is 46.6 Å². The van der Waals surface area contributed by atoms with Crippen molar-refractivity contribution in [3.8, 4) is 5.75 Å². The molecule has 0 atom stereocenters. The van der Waals surface area contributed by atoms with Crippen LogP contribution in [0.2, 0.25) is 10.0 Å². The molecule has 11 heteroatoms. The Kier molecular flexibility index (Phi) is 7.89. The quantitative estimate of drug-likeness (QED) is 0.0962. The summed E-state index contributed by atoms with van der Waals surface area (Å²) < 4.78 is 75.3. The van der Waals surface area contributed by atoms with E-state index in [2.05, 4.69) is 11.7 Å². The number of rotatable bonds is 7. The van der Waals surface area contributed by atoms with E-state index in [1.54, 1.807) is 42.5 Å². The highest BCUT2D eigenvalue weighted by molar-refractivity contribution is 6.35. The molecule has 0 saturated carbocycles. The van der Waals surface area contributed by atoms with Crippen LogP contribution in [0.3, 0.4) is 0 Å². The van der Waals surface area contributed by atoms with Gasteiger partial charge in [0.15, 0.2) is 23.3 Å². The molecule has 1 aliphatic heterocycles. The molecule has 1 heterocycles. The molecule has 196 valence electrons. The first-order valence-electron chi connectivity index (χ1n) is 11.0. The largest absolute Gasteiger partial charge is 0.489 e. The van der Waals surface area contributed by atoms with Crippen molar-refractivity contribution in [2.24, 2.45) is 5.10 Å². The molecule has 0 fully saturated rings. The highest BCUT2D eigenvalue weighted by atomic mass is 35.5. The number of hydrogen-bond donors (Lipinski definition) is 0. The molecule has 4 nitrogen and oxygen atoms in total. The predicted molar refractivity (Wildman–Crippen MR) is 136 cm³/mol. The van der Waals surface area contributed by atoms with Crippen LogP contribution in [0.15, 0.2) is 59.7 Å². The van der Waals surface area contributed by atoms with E-state index in [-0.39, 0.29) is 22.9 Å². The summed E-state index contributed by atoms with van der Waals surface area (Å²) in [6.07, 6.45) is 3.44. The van der Waals surface area contributed by atoms with E-state index in [4.69, 9.17) is 27.9 Å². The van der Waals surface area contributed by atoms with Gasteiger partial charge in [0.2, 0.25) is 5.82 Å². The molecule has 1 aliphatic rings. The maximum atomic E-state index is 14.3. The molecule has 0 N–H and O–H groups in total. The van der Waals surface area contributed by atoms with Crippen LogP contribution in [0, 0.1) is 29.1 Å². The van der Waals surface area contributed by atoms with Crippen LogP contribution >= 0.6 is 23.2 Å². The summed E-state index contributed by atoms with van der Waals surface area (Å²) in [6, 6.07) is 10.0. The molecule has 0 aromatic heterocycles. The van der Waals surface area contributed by atoms with Gasteiger partial charge in [-0.3, -0.25) is 4.79 Å². The van der Waals surface area contributed by atoms with Gasteiger partial charge in [-0.05, 0) is 54.8 Å². The van der Waals surface area contributed by atoms with Crippen molar-refractivity contribution in [2.75, 3.05) is 5.01 Å². The van der Waals surface area contributed by atoms with E-state index < -0.39 is 40.7 Å². The van der Waals surface area contributed by atoms with Crippen LogP contribution in [0.1, 0.15) is 23.6 Å². The zero-order valence-electron chi connectivity index (χ0n) is 19.6. The Balaban J connectivity index is 1.64. The minimum absolute atomic E-state index is 0.0157.